The maximum absolute atomic E-state index is 11.0. The Kier molecular flexibility index (Phi) is 4.82. The Labute approximate surface area is 123 Å². The third-order valence-electron chi connectivity index (χ3n) is 3.42. The number of benzene rings is 1. The monoisotopic (exact) mass is 295 g/mol. The summed E-state index contributed by atoms with van der Waals surface area (Å²) >= 11 is 0. The van der Waals surface area contributed by atoms with Gasteiger partial charge in [0.15, 0.2) is 5.79 Å². The summed E-state index contributed by atoms with van der Waals surface area (Å²) in [6.45, 7) is 3.76. The number of hydrogen-bond donors (Lipinski definition) is 3. The minimum Gasteiger partial charge on any atom is -0.465 e. The highest BCUT2D eigenvalue weighted by Gasteiger charge is 2.40. The summed E-state index contributed by atoms with van der Waals surface area (Å²) in [6, 6.07) is 8.66. The van der Waals surface area contributed by atoms with Crippen molar-refractivity contribution in [3.05, 3.63) is 35.9 Å². The Balaban J connectivity index is 2.06. The molecule has 116 valence electrons. The van der Waals surface area contributed by atoms with E-state index < -0.39 is 30.1 Å². The summed E-state index contributed by atoms with van der Waals surface area (Å²) < 4.78 is 11.1. The van der Waals surface area contributed by atoms with Crippen LogP contribution in [-0.4, -0.2) is 47.0 Å². The average molecular weight is 295 g/mol. The lowest BCUT2D eigenvalue weighted by Crippen LogP contribution is -2.52. The van der Waals surface area contributed by atoms with E-state index in [1.165, 1.54) is 0 Å². The third-order valence-corrected chi connectivity index (χ3v) is 3.42. The van der Waals surface area contributed by atoms with Crippen molar-refractivity contribution in [1.82, 2.24) is 5.32 Å². The molecule has 0 saturated carbocycles. The molecule has 1 aliphatic rings. The number of amides is 1. The first-order valence-corrected chi connectivity index (χ1v) is 6.90. The zero-order valence-electron chi connectivity index (χ0n) is 12.2. The average Bonchev–Trinajstić information content (AvgIpc) is 2.77. The predicted octanol–water partition coefficient (Wildman–Crippen LogP) is 1.38. The molecule has 0 aromatic heterocycles. The first-order valence-electron chi connectivity index (χ1n) is 6.90. The molecule has 1 aromatic rings. The van der Waals surface area contributed by atoms with Crippen LogP contribution in [0, 0.1) is 0 Å². The largest absolute Gasteiger partial charge is 0.465 e. The van der Waals surface area contributed by atoms with Crippen LogP contribution in [-0.2, 0) is 15.9 Å². The Hall–Kier alpha value is -1.63. The Morgan fingerprint density at radius 1 is 1.43 bits per heavy atom. The number of aliphatic hydroxyl groups excluding tert-OH is 1. The van der Waals surface area contributed by atoms with E-state index in [0.717, 1.165) is 5.56 Å². The van der Waals surface area contributed by atoms with Gasteiger partial charge >= 0.3 is 6.09 Å². The predicted molar refractivity (Wildman–Crippen MR) is 76.0 cm³/mol. The number of carbonyl (C=O) groups is 1. The number of aliphatic hydroxyl groups is 1. The Morgan fingerprint density at radius 3 is 2.62 bits per heavy atom. The Bertz CT molecular complexity index is 476. The summed E-state index contributed by atoms with van der Waals surface area (Å²) in [6.07, 6.45) is -2.27. The minimum absolute atomic E-state index is 0.240. The zero-order chi connectivity index (χ0) is 15.5. The number of rotatable bonds is 5. The summed E-state index contributed by atoms with van der Waals surface area (Å²) in [7, 11) is 0. The van der Waals surface area contributed by atoms with E-state index in [1.54, 1.807) is 13.8 Å². The molecule has 1 amide bonds. The molecule has 0 radical (unpaired) electrons. The van der Waals surface area contributed by atoms with Crippen LogP contribution < -0.4 is 5.32 Å². The van der Waals surface area contributed by atoms with Crippen molar-refractivity contribution in [2.75, 3.05) is 6.61 Å². The van der Waals surface area contributed by atoms with Gasteiger partial charge in [0.25, 0.3) is 0 Å². The van der Waals surface area contributed by atoms with E-state index in [-0.39, 0.29) is 6.61 Å². The van der Waals surface area contributed by atoms with Crippen molar-refractivity contribution in [3.8, 4) is 0 Å². The van der Waals surface area contributed by atoms with E-state index in [2.05, 4.69) is 5.32 Å². The molecule has 1 saturated heterocycles. The van der Waals surface area contributed by atoms with E-state index in [1.807, 2.05) is 30.3 Å². The van der Waals surface area contributed by atoms with Crippen molar-refractivity contribution in [1.29, 1.82) is 0 Å². The van der Waals surface area contributed by atoms with E-state index >= 15 is 0 Å². The third kappa shape index (κ3) is 4.42. The van der Waals surface area contributed by atoms with Crippen molar-refractivity contribution in [2.24, 2.45) is 0 Å². The fraction of sp³-hybridized carbons (Fsp3) is 0.533. The van der Waals surface area contributed by atoms with Gasteiger partial charge in [0, 0.05) is 6.42 Å². The van der Waals surface area contributed by atoms with Crippen LogP contribution in [0.25, 0.3) is 0 Å². The molecule has 1 heterocycles. The van der Waals surface area contributed by atoms with Gasteiger partial charge in [-0.05, 0) is 19.4 Å². The lowest BCUT2D eigenvalue weighted by molar-refractivity contribution is -0.145. The van der Waals surface area contributed by atoms with Crippen LogP contribution in [0.3, 0.4) is 0 Å². The van der Waals surface area contributed by atoms with Gasteiger partial charge in [0.2, 0.25) is 0 Å². The van der Waals surface area contributed by atoms with Gasteiger partial charge in [-0.2, -0.15) is 0 Å². The van der Waals surface area contributed by atoms with E-state index in [4.69, 9.17) is 14.6 Å². The molecule has 6 heteroatoms. The molecular formula is C15H21NO5. The molecule has 3 atom stereocenters. The molecule has 0 aliphatic carbocycles. The summed E-state index contributed by atoms with van der Waals surface area (Å²) in [5.74, 6) is -0.768. The molecule has 21 heavy (non-hydrogen) atoms. The fourth-order valence-electron chi connectivity index (χ4n) is 2.45. The van der Waals surface area contributed by atoms with E-state index in [0.29, 0.717) is 6.42 Å². The van der Waals surface area contributed by atoms with Crippen molar-refractivity contribution in [3.63, 3.8) is 0 Å². The van der Waals surface area contributed by atoms with Crippen LogP contribution in [0.1, 0.15) is 19.4 Å². The second kappa shape index (κ2) is 6.43. The van der Waals surface area contributed by atoms with Crippen LogP contribution >= 0.6 is 0 Å². The van der Waals surface area contributed by atoms with Gasteiger partial charge in [-0.3, -0.25) is 0 Å². The molecule has 0 bridgehead atoms. The first-order chi connectivity index (χ1) is 9.87. The molecule has 1 unspecified atom stereocenters. The second-order valence-electron chi connectivity index (χ2n) is 5.60. The van der Waals surface area contributed by atoms with Crippen LogP contribution in [0.4, 0.5) is 4.79 Å². The molecule has 2 rings (SSSR count). The SMILES string of the molecule is CC1(C)OC[C@@H](C(NC(=O)O)[C@@H](O)Cc2ccccc2)O1. The summed E-state index contributed by atoms with van der Waals surface area (Å²) in [4.78, 5) is 11.0. The fourth-order valence-corrected chi connectivity index (χ4v) is 2.45. The normalized spacial score (nSPS) is 23.5. The van der Waals surface area contributed by atoms with E-state index in [9.17, 15) is 9.90 Å². The van der Waals surface area contributed by atoms with Crippen LogP contribution in [0.5, 0.6) is 0 Å². The maximum atomic E-state index is 11.0. The Morgan fingerprint density at radius 2 is 2.10 bits per heavy atom. The van der Waals surface area contributed by atoms with Gasteiger partial charge in [0.1, 0.15) is 6.10 Å². The van der Waals surface area contributed by atoms with Crippen molar-refractivity contribution in [2.45, 2.75) is 44.3 Å². The highest BCUT2D eigenvalue weighted by atomic mass is 16.7. The van der Waals surface area contributed by atoms with Gasteiger partial charge in [-0.1, -0.05) is 30.3 Å². The summed E-state index contributed by atoms with van der Waals surface area (Å²) in [5.41, 5.74) is 0.931. The molecule has 3 N–H and O–H groups in total. The molecular weight excluding hydrogens is 274 g/mol. The number of carboxylic acid groups (broad SMARTS) is 1. The van der Waals surface area contributed by atoms with Gasteiger partial charge < -0.3 is 25.0 Å². The van der Waals surface area contributed by atoms with Crippen molar-refractivity contribution < 1.29 is 24.5 Å². The summed E-state index contributed by atoms with van der Waals surface area (Å²) in [5, 5.41) is 21.7. The highest BCUT2D eigenvalue weighted by molar-refractivity contribution is 5.65. The zero-order valence-corrected chi connectivity index (χ0v) is 12.2. The molecule has 1 aliphatic heterocycles. The molecule has 6 nitrogen and oxygen atoms in total. The number of ether oxygens (including phenoxy) is 2. The highest BCUT2D eigenvalue weighted by Crippen LogP contribution is 2.26. The standard InChI is InChI=1S/C15H21NO5/c1-15(2)20-9-12(21-15)13(16-14(18)19)11(17)8-10-6-4-3-5-7-10/h3-7,11-13,16-17H,8-9H2,1-2H3,(H,18,19)/t11-,12-,13?/m0/s1. The molecule has 1 aromatic carbocycles. The molecule has 1 fully saturated rings. The second-order valence-corrected chi connectivity index (χ2v) is 5.60. The van der Waals surface area contributed by atoms with Crippen LogP contribution in [0.15, 0.2) is 30.3 Å². The van der Waals surface area contributed by atoms with Gasteiger partial charge in [-0.15, -0.1) is 0 Å². The quantitative estimate of drug-likeness (QED) is 0.764. The topological polar surface area (TPSA) is 88.0 Å². The molecule has 0 spiro atoms. The van der Waals surface area contributed by atoms with Gasteiger partial charge in [-0.25, -0.2) is 4.79 Å². The van der Waals surface area contributed by atoms with Gasteiger partial charge in [0.05, 0.1) is 18.8 Å². The lowest BCUT2D eigenvalue weighted by atomic mass is 9.98. The minimum atomic E-state index is -1.19. The maximum Gasteiger partial charge on any atom is 0.405 e. The lowest BCUT2D eigenvalue weighted by Gasteiger charge is -2.28. The first kappa shape index (κ1) is 15.8. The van der Waals surface area contributed by atoms with Crippen molar-refractivity contribution >= 4 is 6.09 Å². The smallest absolute Gasteiger partial charge is 0.405 e. The number of nitrogens with one attached hydrogen (secondary N) is 1. The number of hydrogen-bond acceptors (Lipinski definition) is 4. The van der Waals surface area contributed by atoms with Crippen LogP contribution in [0.2, 0.25) is 0 Å².